The van der Waals surface area contributed by atoms with Crippen LogP contribution in [-0.4, -0.2) is 216 Å². The van der Waals surface area contributed by atoms with Crippen LogP contribution in [0.4, 0.5) is 0 Å². The Bertz CT molecular complexity index is 1940. The van der Waals surface area contributed by atoms with Crippen LogP contribution in [0.1, 0.15) is 106 Å². The predicted molar refractivity (Wildman–Crippen MR) is 245 cm³/mol. The van der Waals surface area contributed by atoms with Gasteiger partial charge in [0, 0.05) is 17.8 Å². The largest absolute Gasteiger partial charge is 0.394 e. The van der Waals surface area contributed by atoms with Crippen LogP contribution in [0.5, 0.6) is 0 Å². The van der Waals surface area contributed by atoms with Gasteiger partial charge in [0.1, 0.15) is 85.0 Å². The van der Waals surface area contributed by atoms with Gasteiger partial charge in [-0.05, 0) is 101 Å². The fraction of sp³-hybridized carbons (Fsp3) is 0.961. The van der Waals surface area contributed by atoms with Gasteiger partial charge in [0.05, 0.1) is 43.7 Å². The summed E-state index contributed by atoms with van der Waals surface area (Å²) in [6, 6.07) is 0. The van der Waals surface area contributed by atoms with Crippen molar-refractivity contribution in [2.24, 2.45) is 40.4 Å². The Labute approximate surface area is 420 Å². The summed E-state index contributed by atoms with van der Waals surface area (Å²) < 4.78 is 62.0. The van der Waals surface area contributed by atoms with Crippen molar-refractivity contribution >= 4 is 0 Å². The smallest absolute Gasteiger partial charge is 0.187 e. The lowest BCUT2D eigenvalue weighted by Crippen LogP contribution is -2.67. The zero-order valence-corrected chi connectivity index (χ0v) is 42.4. The van der Waals surface area contributed by atoms with Gasteiger partial charge in [0.15, 0.2) is 30.9 Å². The van der Waals surface area contributed by atoms with E-state index in [4.69, 9.17) is 47.4 Å². The van der Waals surface area contributed by atoms with Crippen LogP contribution >= 0.6 is 0 Å². The number of allylic oxidation sites excluding steroid dienone is 1. The number of hydrogen-bond acceptors (Lipinski definition) is 21. The van der Waals surface area contributed by atoms with Crippen LogP contribution in [0.2, 0.25) is 0 Å². The highest BCUT2D eigenvalue weighted by molar-refractivity contribution is 5.29. The number of hydrogen-bond donors (Lipinski definition) is 11. The number of ether oxygens (including phenoxy) is 10. The topological polar surface area (TPSA) is 315 Å². The molecule has 10 aliphatic rings. The first-order valence-corrected chi connectivity index (χ1v) is 26.7. The molecule has 1 spiro atoms. The second-order valence-electron chi connectivity index (χ2n) is 23.9. The average molecular weight is 1030 g/mol. The molecular formula is C51H82O21. The molecule has 4 aliphatic carbocycles. The first-order chi connectivity index (χ1) is 34.0. The van der Waals surface area contributed by atoms with Gasteiger partial charge in [-0.2, -0.15) is 0 Å². The van der Waals surface area contributed by atoms with Crippen molar-refractivity contribution in [2.45, 2.75) is 253 Å². The van der Waals surface area contributed by atoms with Gasteiger partial charge in [0.2, 0.25) is 0 Å². The summed E-state index contributed by atoms with van der Waals surface area (Å²) >= 11 is 0. The minimum atomic E-state index is -1.86. The normalized spacial score (nSPS) is 58.8. The molecule has 0 aromatic rings. The van der Waals surface area contributed by atoms with Gasteiger partial charge in [-0.3, -0.25) is 0 Å². The van der Waals surface area contributed by atoms with Crippen molar-refractivity contribution in [3.63, 3.8) is 0 Å². The van der Waals surface area contributed by atoms with Gasteiger partial charge in [-0.15, -0.1) is 0 Å². The third-order valence-electron chi connectivity index (χ3n) is 20.0. The van der Waals surface area contributed by atoms with Crippen molar-refractivity contribution in [3.8, 4) is 0 Å². The van der Waals surface area contributed by atoms with E-state index in [1.165, 1.54) is 26.3 Å². The molecule has 10 rings (SSSR count). The summed E-state index contributed by atoms with van der Waals surface area (Å²) in [4.78, 5) is 0. The molecule has 6 heterocycles. The van der Waals surface area contributed by atoms with E-state index in [1.54, 1.807) is 0 Å². The molecule has 3 unspecified atom stereocenters. The number of aliphatic hydroxyl groups is 11. The number of fused-ring (bicyclic) bond motifs is 7. The van der Waals surface area contributed by atoms with E-state index in [2.05, 4.69) is 33.8 Å². The lowest BCUT2D eigenvalue weighted by molar-refractivity contribution is -0.395. The van der Waals surface area contributed by atoms with E-state index < -0.39 is 147 Å². The summed E-state index contributed by atoms with van der Waals surface area (Å²) in [5.74, 6) is 0.501. The molecule has 11 N–H and O–H groups in total. The van der Waals surface area contributed by atoms with Crippen LogP contribution in [0.3, 0.4) is 0 Å². The van der Waals surface area contributed by atoms with Gasteiger partial charge in [-0.25, -0.2) is 0 Å². The maximum Gasteiger partial charge on any atom is 0.187 e. The Morgan fingerprint density at radius 1 is 0.597 bits per heavy atom. The molecule has 21 nitrogen and oxygen atoms in total. The molecule has 0 aromatic heterocycles. The number of rotatable bonds is 9. The standard InChI is InChI=1S/C51H82O21/c1-20-10-15-50(63-19-20)24(5)51(62)31(72-50)17-29-27-9-8-25-16-26(11-13-48(25,6)28(27)12-14-49(29,51)7)67-47-43(40(61)42(30(18-52)68-47)70-45-38(59)35(56)33(54)22(3)65-45)71-46-39(60)36(57)41(23(4)66-46)69-44-37(58)34(55)32(53)21(2)64-44/h8,20-24,26-47,52-62H,9-19H2,1-7H3/t20-,21+,22+,23+,24-,26+,27?,28?,29?,30-,31+,32+,33+,34-,35-,36+,37-,38-,39-,40+,41+,42-,43-,44+,45+,46+,47-,48+,49+,50-,51-/m1/s1. The fourth-order valence-corrected chi connectivity index (χ4v) is 15.4. The second-order valence-corrected chi connectivity index (χ2v) is 23.9. The molecule has 72 heavy (non-hydrogen) atoms. The van der Waals surface area contributed by atoms with Crippen molar-refractivity contribution in [3.05, 3.63) is 11.6 Å². The van der Waals surface area contributed by atoms with E-state index >= 15 is 0 Å². The molecule has 0 aromatic carbocycles. The first-order valence-electron chi connectivity index (χ1n) is 26.7. The minimum absolute atomic E-state index is 0.161. The molecule has 3 saturated carbocycles. The highest BCUT2D eigenvalue weighted by Gasteiger charge is 2.76. The van der Waals surface area contributed by atoms with Gasteiger partial charge < -0.3 is 104 Å². The van der Waals surface area contributed by atoms with E-state index in [9.17, 15) is 56.2 Å². The molecule has 412 valence electrons. The lowest BCUT2D eigenvalue weighted by atomic mass is 9.46. The Morgan fingerprint density at radius 2 is 1.19 bits per heavy atom. The molecule has 0 bridgehead atoms. The summed E-state index contributed by atoms with van der Waals surface area (Å²) in [6.07, 6.45) is -21.3. The molecule has 9 fully saturated rings. The monoisotopic (exact) mass is 1030 g/mol. The molecule has 21 heteroatoms. The van der Waals surface area contributed by atoms with Crippen LogP contribution in [-0.2, 0) is 47.4 Å². The van der Waals surface area contributed by atoms with Gasteiger partial charge in [-0.1, -0.05) is 39.3 Å². The van der Waals surface area contributed by atoms with E-state index in [0.29, 0.717) is 37.2 Å². The van der Waals surface area contributed by atoms with Crippen LogP contribution < -0.4 is 0 Å². The quantitative estimate of drug-likeness (QED) is 0.126. The molecular weight excluding hydrogens is 949 g/mol. The fourth-order valence-electron chi connectivity index (χ4n) is 15.4. The van der Waals surface area contributed by atoms with Gasteiger partial charge in [0.25, 0.3) is 0 Å². The van der Waals surface area contributed by atoms with E-state index in [1.807, 2.05) is 0 Å². The summed E-state index contributed by atoms with van der Waals surface area (Å²) in [7, 11) is 0. The Hall–Kier alpha value is -1.10. The van der Waals surface area contributed by atoms with E-state index in [0.717, 1.165) is 44.9 Å². The zero-order valence-electron chi connectivity index (χ0n) is 42.4. The van der Waals surface area contributed by atoms with Crippen LogP contribution in [0.25, 0.3) is 0 Å². The average Bonchev–Trinajstić information content (AvgIpc) is 3.71. The summed E-state index contributed by atoms with van der Waals surface area (Å²) in [6.45, 7) is 13.3. The summed E-state index contributed by atoms with van der Waals surface area (Å²) in [5.41, 5.74) is -0.256. The predicted octanol–water partition coefficient (Wildman–Crippen LogP) is -0.792. The highest BCUT2D eigenvalue weighted by Crippen LogP contribution is 2.72. The third kappa shape index (κ3) is 8.63. The Balaban J connectivity index is 0.861. The first kappa shape index (κ1) is 54.3. The lowest BCUT2D eigenvalue weighted by Gasteiger charge is -2.60. The SMILES string of the molecule is C[C@@H]1CC[C@@]2(OC1)O[C@H]1CC3C4CC=C5C[C@@H](O[C@@H]6O[C@H](CO)[C@@H](O[C@@H]7O[C@@H](C)[C@H](O)[C@@H](O)[C@H]7O)[C@H](O)[C@H]6O[C@@H]6O[C@@H](C)[C@H](O[C@@H]7O[C@@H](C)[C@H](O)[C@@H](O)[C@H]7O)[C@@H](O)[C@H]6O)CC[C@]5(C)C4CC[C@]3(C)[C@@]1(O)[C@@H]2C. The molecule has 6 saturated heterocycles. The van der Waals surface area contributed by atoms with Crippen molar-refractivity contribution in [1.82, 2.24) is 0 Å². The van der Waals surface area contributed by atoms with Crippen molar-refractivity contribution in [2.75, 3.05) is 13.2 Å². The molecule has 0 radical (unpaired) electrons. The Morgan fingerprint density at radius 3 is 1.81 bits per heavy atom. The Kier molecular flexibility index (Phi) is 15.1. The summed E-state index contributed by atoms with van der Waals surface area (Å²) in [5, 5.41) is 122. The maximum atomic E-state index is 12.9. The number of aliphatic hydroxyl groups excluding tert-OH is 10. The second kappa shape index (κ2) is 20.0. The van der Waals surface area contributed by atoms with Crippen LogP contribution in [0, 0.1) is 40.4 Å². The zero-order chi connectivity index (χ0) is 51.7. The van der Waals surface area contributed by atoms with Crippen LogP contribution in [0.15, 0.2) is 11.6 Å². The highest BCUT2D eigenvalue weighted by atomic mass is 16.8. The van der Waals surface area contributed by atoms with Crippen molar-refractivity contribution in [1.29, 1.82) is 0 Å². The maximum absolute atomic E-state index is 12.9. The molecule has 31 atom stereocenters. The minimum Gasteiger partial charge on any atom is -0.394 e. The van der Waals surface area contributed by atoms with Crippen molar-refractivity contribution < 1.29 is 104 Å². The third-order valence-corrected chi connectivity index (χ3v) is 20.0. The molecule has 6 aliphatic heterocycles. The molecule has 0 amide bonds. The van der Waals surface area contributed by atoms with E-state index in [-0.39, 0.29) is 28.8 Å². The van der Waals surface area contributed by atoms with Gasteiger partial charge >= 0.3 is 0 Å².